The fourth-order valence-electron chi connectivity index (χ4n) is 1.82. The third-order valence-electron chi connectivity index (χ3n) is 2.71. The second kappa shape index (κ2) is 5.55. The highest BCUT2D eigenvalue weighted by atomic mass is 79.9. The average molecular weight is 365 g/mol. The van der Waals surface area contributed by atoms with Gasteiger partial charge in [0.25, 0.3) is 0 Å². The maximum atomic E-state index is 13.7. The lowest BCUT2D eigenvalue weighted by Gasteiger charge is -2.12. The van der Waals surface area contributed by atoms with E-state index in [-0.39, 0.29) is 4.47 Å². The van der Waals surface area contributed by atoms with E-state index in [1.807, 2.05) is 0 Å². The van der Waals surface area contributed by atoms with Crippen LogP contribution < -0.4 is 0 Å². The van der Waals surface area contributed by atoms with E-state index in [9.17, 15) is 26.7 Å². The van der Waals surface area contributed by atoms with Crippen LogP contribution in [0.2, 0.25) is 0 Å². The largest absolute Gasteiger partial charge is 0.417 e. The molecule has 0 aromatic heterocycles. The molecule has 0 aliphatic carbocycles. The summed E-state index contributed by atoms with van der Waals surface area (Å²) >= 11 is 2.83. The molecule has 2 rings (SSSR count). The molecule has 2 aromatic carbocycles. The van der Waals surface area contributed by atoms with Gasteiger partial charge in [0.15, 0.2) is 5.78 Å². The van der Waals surface area contributed by atoms with Gasteiger partial charge in [-0.2, -0.15) is 13.2 Å². The molecule has 0 N–H and O–H groups in total. The summed E-state index contributed by atoms with van der Waals surface area (Å²) in [6.07, 6.45) is -4.80. The Morgan fingerprint density at radius 3 is 2.05 bits per heavy atom. The zero-order valence-electron chi connectivity index (χ0n) is 10.1. The highest BCUT2D eigenvalue weighted by molar-refractivity contribution is 9.10. The standard InChI is InChI=1S/C14H6BrF5O/c15-7-5-10(16)12(11(17)6-7)13(21)8-3-1-2-4-9(8)14(18,19)20/h1-6H. The summed E-state index contributed by atoms with van der Waals surface area (Å²) in [7, 11) is 0. The Labute approximate surface area is 124 Å². The first-order chi connectivity index (χ1) is 9.71. The van der Waals surface area contributed by atoms with Crippen molar-refractivity contribution in [2.24, 2.45) is 0 Å². The zero-order valence-corrected chi connectivity index (χ0v) is 11.7. The van der Waals surface area contributed by atoms with E-state index < -0.39 is 40.3 Å². The van der Waals surface area contributed by atoms with Crippen molar-refractivity contribution < 1.29 is 26.7 Å². The number of benzene rings is 2. The van der Waals surface area contributed by atoms with E-state index in [1.54, 1.807) is 0 Å². The molecule has 1 nitrogen and oxygen atoms in total. The minimum Gasteiger partial charge on any atom is -0.288 e. The normalized spacial score (nSPS) is 11.5. The first-order valence-corrected chi connectivity index (χ1v) is 6.36. The number of rotatable bonds is 2. The van der Waals surface area contributed by atoms with E-state index in [2.05, 4.69) is 15.9 Å². The molecule has 21 heavy (non-hydrogen) atoms. The molecule has 0 aliphatic rings. The third kappa shape index (κ3) is 3.12. The van der Waals surface area contributed by atoms with Gasteiger partial charge in [-0.1, -0.05) is 34.1 Å². The van der Waals surface area contributed by atoms with E-state index >= 15 is 0 Å². The second-order valence-electron chi connectivity index (χ2n) is 4.12. The van der Waals surface area contributed by atoms with Crippen molar-refractivity contribution in [2.75, 3.05) is 0 Å². The van der Waals surface area contributed by atoms with E-state index in [0.29, 0.717) is 6.07 Å². The fraction of sp³-hybridized carbons (Fsp3) is 0.0714. The predicted molar refractivity (Wildman–Crippen MR) is 68.9 cm³/mol. The molecule has 0 saturated carbocycles. The van der Waals surface area contributed by atoms with Crippen molar-refractivity contribution in [1.82, 2.24) is 0 Å². The van der Waals surface area contributed by atoms with Gasteiger partial charge in [0, 0.05) is 10.0 Å². The maximum absolute atomic E-state index is 13.7. The van der Waals surface area contributed by atoms with Crippen LogP contribution in [0.4, 0.5) is 22.0 Å². The van der Waals surface area contributed by atoms with Crippen LogP contribution in [0.15, 0.2) is 40.9 Å². The van der Waals surface area contributed by atoms with Crippen LogP contribution in [-0.4, -0.2) is 5.78 Å². The van der Waals surface area contributed by atoms with Crippen LogP contribution >= 0.6 is 15.9 Å². The molecule has 0 amide bonds. The summed E-state index contributed by atoms with van der Waals surface area (Å²) in [5.74, 6) is -3.82. The van der Waals surface area contributed by atoms with Crippen molar-refractivity contribution >= 4 is 21.7 Å². The van der Waals surface area contributed by atoms with Crippen LogP contribution in [0.5, 0.6) is 0 Å². The van der Waals surface area contributed by atoms with Crippen LogP contribution in [0, 0.1) is 11.6 Å². The monoisotopic (exact) mass is 364 g/mol. The van der Waals surface area contributed by atoms with Gasteiger partial charge >= 0.3 is 6.18 Å². The smallest absolute Gasteiger partial charge is 0.288 e. The SMILES string of the molecule is O=C(c1ccccc1C(F)(F)F)c1c(F)cc(Br)cc1F. The van der Waals surface area contributed by atoms with Gasteiger partial charge < -0.3 is 0 Å². The first-order valence-electron chi connectivity index (χ1n) is 5.57. The Kier molecular flexibility index (Phi) is 4.13. The lowest BCUT2D eigenvalue weighted by Crippen LogP contribution is -2.15. The summed E-state index contributed by atoms with van der Waals surface area (Å²) in [5.41, 5.74) is -3.06. The van der Waals surface area contributed by atoms with Gasteiger partial charge in [-0.15, -0.1) is 0 Å². The van der Waals surface area contributed by atoms with Gasteiger partial charge in [-0.05, 0) is 18.2 Å². The van der Waals surface area contributed by atoms with Crippen LogP contribution in [-0.2, 0) is 6.18 Å². The molecule has 0 spiro atoms. The Bertz CT molecular complexity index is 686. The highest BCUT2D eigenvalue weighted by Gasteiger charge is 2.36. The number of alkyl halides is 3. The molecule has 7 heteroatoms. The van der Waals surface area contributed by atoms with Crippen molar-refractivity contribution in [1.29, 1.82) is 0 Å². The van der Waals surface area contributed by atoms with Crippen LogP contribution in [0.25, 0.3) is 0 Å². The molecule has 0 atom stereocenters. The maximum Gasteiger partial charge on any atom is 0.417 e. The Balaban J connectivity index is 2.62. The Hall–Kier alpha value is -1.76. The summed E-state index contributed by atoms with van der Waals surface area (Å²) in [6.45, 7) is 0. The molecule has 0 bridgehead atoms. The number of carbonyl (C=O) groups excluding carboxylic acids is 1. The van der Waals surface area contributed by atoms with E-state index in [0.717, 1.165) is 24.3 Å². The second-order valence-corrected chi connectivity index (χ2v) is 5.03. The van der Waals surface area contributed by atoms with Gasteiger partial charge in [-0.25, -0.2) is 8.78 Å². The molecule has 0 radical (unpaired) electrons. The quantitative estimate of drug-likeness (QED) is 0.542. The average Bonchev–Trinajstić information content (AvgIpc) is 2.36. The number of halogens is 6. The molecule has 2 aromatic rings. The Morgan fingerprint density at radius 1 is 1.00 bits per heavy atom. The number of carbonyl (C=O) groups is 1. The zero-order chi connectivity index (χ0) is 15.8. The minimum absolute atomic E-state index is 0.0400. The Morgan fingerprint density at radius 2 is 1.52 bits per heavy atom. The summed E-state index contributed by atoms with van der Waals surface area (Å²) < 4.78 is 66.0. The van der Waals surface area contributed by atoms with Crippen molar-refractivity contribution in [3.8, 4) is 0 Å². The van der Waals surface area contributed by atoms with Crippen molar-refractivity contribution in [2.45, 2.75) is 6.18 Å². The van der Waals surface area contributed by atoms with Crippen molar-refractivity contribution in [3.63, 3.8) is 0 Å². The highest BCUT2D eigenvalue weighted by Crippen LogP contribution is 2.33. The molecular weight excluding hydrogens is 359 g/mol. The molecule has 0 heterocycles. The summed E-state index contributed by atoms with van der Waals surface area (Å²) in [6, 6.07) is 5.47. The topological polar surface area (TPSA) is 17.1 Å². The predicted octanol–water partition coefficient (Wildman–Crippen LogP) is 4.98. The summed E-state index contributed by atoms with van der Waals surface area (Å²) in [4.78, 5) is 12.1. The first kappa shape index (κ1) is 15.6. The molecule has 110 valence electrons. The van der Waals surface area contributed by atoms with E-state index in [1.165, 1.54) is 6.07 Å². The molecular formula is C14H6BrF5O. The third-order valence-corrected chi connectivity index (χ3v) is 3.17. The molecule has 0 unspecified atom stereocenters. The van der Waals surface area contributed by atoms with Crippen LogP contribution in [0.1, 0.15) is 21.5 Å². The number of hydrogen-bond acceptors (Lipinski definition) is 1. The number of hydrogen-bond donors (Lipinski definition) is 0. The molecule has 0 aliphatic heterocycles. The van der Waals surface area contributed by atoms with Gasteiger partial charge in [0.2, 0.25) is 0 Å². The molecule has 0 saturated heterocycles. The number of ketones is 1. The molecule has 0 fully saturated rings. The van der Waals surface area contributed by atoms with Crippen LogP contribution in [0.3, 0.4) is 0 Å². The minimum atomic E-state index is -4.80. The van der Waals surface area contributed by atoms with Gasteiger partial charge in [0.05, 0.1) is 11.1 Å². The van der Waals surface area contributed by atoms with E-state index in [4.69, 9.17) is 0 Å². The lowest BCUT2D eigenvalue weighted by molar-refractivity contribution is -0.137. The summed E-state index contributed by atoms with van der Waals surface area (Å²) in [5, 5.41) is 0. The van der Waals surface area contributed by atoms with Gasteiger partial charge in [0.1, 0.15) is 11.6 Å². The van der Waals surface area contributed by atoms with Gasteiger partial charge in [-0.3, -0.25) is 4.79 Å². The van der Waals surface area contributed by atoms with Crippen molar-refractivity contribution in [3.05, 3.63) is 69.2 Å². The fourth-order valence-corrected chi connectivity index (χ4v) is 2.22. The lowest BCUT2D eigenvalue weighted by atomic mass is 9.97.